The number of amides is 2. The zero-order chi connectivity index (χ0) is 22.9. The molecule has 1 heterocycles. The van der Waals surface area contributed by atoms with Crippen LogP contribution in [0.1, 0.15) is 15.9 Å². The predicted octanol–water partition coefficient (Wildman–Crippen LogP) is 2.23. The van der Waals surface area contributed by atoms with Crippen molar-refractivity contribution < 1.29 is 18.0 Å². The molecule has 0 aromatic heterocycles. The highest BCUT2D eigenvalue weighted by molar-refractivity contribution is 7.89. The van der Waals surface area contributed by atoms with E-state index in [1.807, 2.05) is 12.1 Å². The van der Waals surface area contributed by atoms with E-state index in [0.717, 1.165) is 5.56 Å². The molecule has 7 nitrogen and oxygen atoms in total. The summed E-state index contributed by atoms with van der Waals surface area (Å²) in [6.45, 7) is 4.64. The van der Waals surface area contributed by atoms with E-state index in [4.69, 9.17) is 11.6 Å². The summed E-state index contributed by atoms with van der Waals surface area (Å²) in [6.07, 6.45) is 1.89. The Labute approximate surface area is 192 Å². The van der Waals surface area contributed by atoms with Crippen molar-refractivity contribution in [1.29, 1.82) is 0 Å². The van der Waals surface area contributed by atoms with Crippen LogP contribution in [0.4, 0.5) is 0 Å². The zero-order valence-electron chi connectivity index (χ0n) is 17.3. The van der Waals surface area contributed by atoms with Crippen LogP contribution in [0.2, 0.25) is 5.02 Å². The van der Waals surface area contributed by atoms with Gasteiger partial charge in [0, 0.05) is 36.3 Å². The van der Waals surface area contributed by atoms with Gasteiger partial charge in [-0.25, -0.2) is 8.42 Å². The van der Waals surface area contributed by atoms with Crippen LogP contribution in [0.5, 0.6) is 0 Å². The van der Waals surface area contributed by atoms with Gasteiger partial charge >= 0.3 is 0 Å². The minimum absolute atomic E-state index is 0.0193. The standard InChI is InChI=1S/C23H24ClN3O4S/c1-2-21(28)26-22-19-13-27(14-20(19)22)32(30,31)18-9-5-16(6-10-18)23(29)25-12-11-15-3-7-17(24)8-4-15/h2-10,19-20,22H,1,11-14H2,(H,25,29)(H,26,28). The van der Waals surface area contributed by atoms with Gasteiger partial charge in [0.1, 0.15) is 0 Å². The topological polar surface area (TPSA) is 95.6 Å². The number of hydrogen-bond donors (Lipinski definition) is 2. The molecule has 1 aliphatic carbocycles. The summed E-state index contributed by atoms with van der Waals surface area (Å²) in [4.78, 5) is 24.0. The highest BCUT2D eigenvalue weighted by Gasteiger charge is 2.58. The lowest BCUT2D eigenvalue weighted by Gasteiger charge is -2.20. The minimum Gasteiger partial charge on any atom is -0.352 e. The second-order valence-electron chi connectivity index (χ2n) is 8.04. The fraction of sp³-hybridized carbons (Fsp3) is 0.304. The molecule has 32 heavy (non-hydrogen) atoms. The Bertz CT molecular complexity index is 1120. The zero-order valence-corrected chi connectivity index (χ0v) is 18.9. The summed E-state index contributed by atoms with van der Waals surface area (Å²) in [7, 11) is -3.64. The van der Waals surface area contributed by atoms with Crippen LogP contribution in [0.3, 0.4) is 0 Å². The normalized spacial score (nSPS) is 22.1. The molecule has 2 aromatic carbocycles. The molecule has 1 aliphatic heterocycles. The van der Waals surface area contributed by atoms with Crippen LogP contribution in [-0.2, 0) is 21.2 Å². The average molecular weight is 474 g/mol. The molecule has 0 spiro atoms. The van der Waals surface area contributed by atoms with Crippen LogP contribution in [0, 0.1) is 11.8 Å². The molecule has 2 aliphatic rings. The molecule has 1 saturated heterocycles. The van der Waals surface area contributed by atoms with Crippen LogP contribution in [-0.4, -0.2) is 50.2 Å². The number of carbonyl (C=O) groups is 2. The van der Waals surface area contributed by atoms with Crippen molar-refractivity contribution in [3.63, 3.8) is 0 Å². The lowest BCUT2D eigenvalue weighted by atomic mass is 10.1. The molecule has 2 atom stereocenters. The molecule has 2 amide bonds. The van der Waals surface area contributed by atoms with Crippen LogP contribution >= 0.6 is 11.6 Å². The maximum atomic E-state index is 12.9. The van der Waals surface area contributed by atoms with E-state index in [0.29, 0.717) is 36.6 Å². The number of hydrogen-bond acceptors (Lipinski definition) is 4. The number of nitrogens with zero attached hydrogens (tertiary/aromatic N) is 1. The van der Waals surface area contributed by atoms with Gasteiger partial charge in [0.2, 0.25) is 15.9 Å². The largest absolute Gasteiger partial charge is 0.352 e. The van der Waals surface area contributed by atoms with E-state index in [1.54, 1.807) is 12.1 Å². The Kier molecular flexibility index (Phi) is 6.37. The number of benzene rings is 2. The van der Waals surface area contributed by atoms with Crippen molar-refractivity contribution in [2.75, 3.05) is 19.6 Å². The van der Waals surface area contributed by atoms with Gasteiger partial charge in [-0.05, 0) is 66.3 Å². The van der Waals surface area contributed by atoms with Gasteiger partial charge in [-0.1, -0.05) is 30.3 Å². The predicted molar refractivity (Wildman–Crippen MR) is 122 cm³/mol. The van der Waals surface area contributed by atoms with Gasteiger partial charge in [-0.15, -0.1) is 0 Å². The third-order valence-corrected chi connectivity index (χ3v) is 8.12. The summed E-state index contributed by atoms with van der Waals surface area (Å²) < 4.78 is 27.3. The molecule has 1 saturated carbocycles. The first kappa shape index (κ1) is 22.5. The Morgan fingerprint density at radius 3 is 2.28 bits per heavy atom. The van der Waals surface area contributed by atoms with Gasteiger partial charge < -0.3 is 10.6 Å². The average Bonchev–Trinajstić information content (AvgIpc) is 3.21. The van der Waals surface area contributed by atoms with Gasteiger partial charge in [0.25, 0.3) is 5.91 Å². The second-order valence-corrected chi connectivity index (χ2v) is 10.4. The third kappa shape index (κ3) is 4.72. The van der Waals surface area contributed by atoms with Crippen molar-refractivity contribution in [1.82, 2.24) is 14.9 Å². The maximum Gasteiger partial charge on any atom is 0.251 e. The summed E-state index contributed by atoms with van der Waals surface area (Å²) >= 11 is 5.87. The highest BCUT2D eigenvalue weighted by atomic mass is 35.5. The smallest absolute Gasteiger partial charge is 0.251 e. The molecule has 2 aromatic rings. The quantitative estimate of drug-likeness (QED) is 0.575. The van der Waals surface area contributed by atoms with Crippen LogP contribution < -0.4 is 10.6 Å². The van der Waals surface area contributed by atoms with Crippen molar-refractivity contribution in [3.05, 3.63) is 77.3 Å². The van der Waals surface area contributed by atoms with Crippen LogP contribution in [0.25, 0.3) is 0 Å². The first-order valence-electron chi connectivity index (χ1n) is 10.4. The van der Waals surface area contributed by atoms with Gasteiger partial charge in [-0.2, -0.15) is 4.31 Å². The monoisotopic (exact) mass is 473 g/mol. The molecule has 2 fully saturated rings. The Hall–Kier alpha value is -2.68. The molecule has 9 heteroatoms. The van der Waals surface area contributed by atoms with E-state index in [9.17, 15) is 18.0 Å². The summed E-state index contributed by atoms with van der Waals surface area (Å²) in [5, 5.41) is 6.34. The molecule has 2 unspecified atom stereocenters. The fourth-order valence-corrected chi connectivity index (χ4v) is 5.76. The number of halogens is 1. The van der Waals surface area contributed by atoms with E-state index in [2.05, 4.69) is 17.2 Å². The summed E-state index contributed by atoms with van der Waals surface area (Å²) in [6, 6.07) is 13.4. The number of fused-ring (bicyclic) bond motifs is 1. The SMILES string of the molecule is C=CC(=O)NC1C2CN(S(=O)(=O)c3ccc(C(=O)NCCc4ccc(Cl)cc4)cc3)CC21. The lowest BCUT2D eigenvalue weighted by molar-refractivity contribution is -0.116. The summed E-state index contributed by atoms with van der Waals surface area (Å²) in [5.41, 5.74) is 1.46. The van der Waals surface area contributed by atoms with Crippen LogP contribution in [0.15, 0.2) is 66.1 Å². The molecule has 4 rings (SSSR count). The van der Waals surface area contributed by atoms with Gasteiger partial charge in [0.05, 0.1) is 4.90 Å². The Morgan fingerprint density at radius 1 is 1.06 bits per heavy atom. The highest BCUT2D eigenvalue weighted by Crippen LogP contribution is 2.47. The Balaban J connectivity index is 1.30. The molecular formula is C23H24ClN3O4S. The van der Waals surface area contributed by atoms with E-state index < -0.39 is 10.0 Å². The van der Waals surface area contributed by atoms with Gasteiger partial charge in [-0.3, -0.25) is 9.59 Å². The molecule has 168 valence electrons. The Morgan fingerprint density at radius 2 is 1.69 bits per heavy atom. The van der Waals surface area contributed by atoms with Crippen molar-refractivity contribution in [2.45, 2.75) is 17.4 Å². The third-order valence-electron chi connectivity index (χ3n) is 6.02. The number of rotatable bonds is 8. The van der Waals surface area contributed by atoms with Gasteiger partial charge in [0.15, 0.2) is 0 Å². The van der Waals surface area contributed by atoms with Crippen molar-refractivity contribution >= 4 is 33.4 Å². The van der Waals surface area contributed by atoms with E-state index in [-0.39, 0.29) is 34.6 Å². The maximum absolute atomic E-state index is 12.9. The molecule has 0 bridgehead atoms. The minimum atomic E-state index is -3.64. The second kappa shape index (κ2) is 9.05. The van der Waals surface area contributed by atoms with E-state index >= 15 is 0 Å². The molecule has 2 N–H and O–H groups in total. The fourth-order valence-electron chi connectivity index (χ4n) is 4.12. The van der Waals surface area contributed by atoms with Crippen molar-refractivity contribution in [2.24, 2.45) is 11.8 Å². The summed E-state index contributed by atoms with van der Waals surface area (Å²) in [5.74, 6) is -0.217. The van der Waals surface area contributed by atoms with Crippen molar-refractivity contribution in [3.8, 4) is 0 Å². The van der Waals surface area contributed by atoms with E-state index in [1.165, 1.54) is 34.6 Å². The lowest BCUT2D eigenvalue weighted by Crippen LogP contribution is -2.37. The number of piperidine rings is 1. The first-order chi connectivity index (χ1) is 15.3. The number of nitrogens with one attached hydrogen (secondary N) is 2. The number of carbonyl (C=O) groups excluding carboxylic acids is 2. The number of sulfonamides is 1. The first-order valence-corrected chi connectivity index (χ1v) is 12.2. The molecule has 0 radical (unpaired) electrons. The molecular weight excluding hydrogens is 450 g/mol.